The van der Waals surface area contributed by atoms with Crippen LogP contribution in [0.4, 0.5) is 0 Å². The minimum Gasteiger partial charge on any atom is -0.380 e. The molecule has 156 valence electrons. The Hall–Kier alpha value is -3.77. The normalized spacial score (nSPS) is 12.2. The fourth-order valence-corrected chi connectivity index (χ4v) is 4.20. The van der Waals surface area contributed by atoms with Gasteiger partial charge in [-0.2, -0.15) is 5.10 Å². The number of nitrogens with zero attached hydrogens (tertiary/aromatic N) is 4. The van der Waals surface area contributed by atoms with Crippen LogP contribution in [0.3, 0.4) is 0 Å². The van der Waals surface area contributed by atoms with Gasteiger partial charge in [0.25, 0.3) is 0 Å². The molecule has 2 aromatic heterocycles. The molecule has 0 aliphatic heterocycles. The number of hydrogen-bond donors (Lipinski definition) is 1. The first-order valence-corrected chi connectivity index (χ1v) is 11.0. The molecule has 5 rings (SSSR count). The van der Waals surface area contributed by atoms with Crippen LogP contribution in [0, 0.1) is 0 Å². The van der Waals surface area contributed by atoms with Gasteiger partial charge in [-0.15, -0.1) is 5.10 Å². The molecule has 2 N–H and O–H groups in total. The van der Waals surface area contributed by atoms with Gasteiger partial charge < -0.3 is 10.3 Å². The predicted molar refractivity (Wildman–Crippen MR) is 135 cm³/mol. The molecule has 0 aliphatic rings. The van der Waals surface area contributed by atoms with Gasteiger partial charge >= 0.3 is 0 Å². The first kappa shape index (κ1) is 20.2. The Morgan fingerprint density at radius 2 is 1.81 bits per heavy atom. The maximum Gasteiger partial charge on any atom is 0.172 e. The molecule has 5 nitrogen and oxygen atoms in total. The van der Waals surface area contributed by atoms with E-state index in [2.05, 4.69) is 66.1 Å². The monoisotopic (exact) mass is 481 g/mol. The smallest absolute Gasteiger partial charge is 0.172 e. The van der Waals surface area contributed by atoms with E-state index in [-0.39, 0.29) is 5.84 Å². The van der Waals surface area contributed by atoms with Crippen LogP contribution >= 0.6 is 15.9 Å². The number of amidine groups is 1. The molecule has 0 atom stereocenters. The van der Waals surface area contributed by atoms with Crippen molar-refractivity contribution in [2.75, 3.05) is 0 Å². The first-order chi connectivity index (χ1) is 15.7. The molecule has 0 unspecified atom stereocenters. The highest BCUT2D eigenvalue weighted by molar-refractivity contribution is 9.10. The van der Waals surface area contributed by atoms with E-state index in [1.807, 2.05) is 60.7 Å². The highest BCUT2D eigenvalue weighted by atomic mass is 79.9. The van der Waals surface area contributed by atoms with E-state index in [0.717, 1.165) is 38.4 Å². The van der Waals surface area contributed by atoms with E-state index in [9.17, 15) is 0 Å². The third-order valence-corrected chi connectivity index (χ3v) is 5.78. The fourth-order valence-electron chi connectivity index (χ4n) is 3.75. The maximum atomic E-state index is 6.15. The summed E-state index contributed by atoms with van der Waals surface area (Å²) in [6.45, 7) is 0.764. The lowest BCUT2D eigenvalue weighted by molar-refractivity contribution is 0.836. The number of hydrogen-bond acceptors (Lipinski definition) is 3. The van der Waals surface area contributed by atoms with Crippen LogP contribution in [-0.4, -0.2) is 21.6 Å². The molecule has 0 radical (unpaired) electrons. The molecule has 0 spiro atoms. The van der Waals surface area contributed by atoms with Crippen molar-refractivity contribution in [3.63, 3.8) is 0 Å². The van der Waals surface area contributed by atoms with Gasteiger partial charge in [0.1, 0.15) is 5.69 Å². The van der Waals surface area contributed by atoms with Crippen LogP contribution in [0.5, 0.6) is 0 Å². The van der Waals surface area contributed by atoms with Gasteiger partial charge in [-0.3, -0.25) is 0 Å². The highest BCUT2D eigenvalue weighted by Crippen LogP contribution is 2.22. The molecule has 3 aromatic carbocycles. The molecule has 32 heavy (non-hydrogen) atoms. The summed E-state index contributed by atoms with van der Waals surface area (Å²) < 4.78 is 3.29. The zero-order valence-corrected chi connectivity index (χ0v) is 18.8. The lowest BCUT2D eigenvalue weighted by atomic mass is 10.2. The van der Waals surface area contributed by atoms with E-state index in [1.165, 1.54) is 5.56 Å². The molecule has 2 heterocycles. The van der Waals surface area contributed by atoms with Gasteiger partial charge in [0, 0.05) is 39.1 Å². The highest BCUT2D eigenvalue weighted by Gasteiger charge is 2.08. The molecule has 0 aliphatic carbocycles. The summed E-state index contributed by atoms with van der Waals surface area (Å²) in [5.41, 5.74) is 11.0. The lowest BCUT2D eigenvalue weighted by Crippen LogP contribution is -2.14. The number of fused-ring (bicyclic) bond motifs is 2. The lowest BCUT2D eigenvalue weighted by Gasteiger charge is -2.06. The van der Waals surface area contributed by atoms with Crippen molar-refractivity contribution < 1.29 is 0 Å². The number of pyridine rings is 1. The minimum absolute atomic E-state index is 0.282. The Balaban J connectivity index is 1.44. The third-order valence-electron chi connectivity index (χ3n) is 5.28. The molecule has 5 aromatic rings. The summed E-state index contributed by atoms with van der Waals surface area (Å²) in [4.78, 5) is 4.57. The van der Waals surface area contributed by atoms with E-state index in [4.69, 9.17) is 5.73 Å². The standard InChI is InChI=1S/C26H20BrN5/c27-21-8-5-6-18(14-21)16-32-17-20(22-9-2-4-11-25(22)32)15-29-31-26(28)24-13-12-19-7-1-3-10-23(19)30-24/h1-15,17H,16H2,(H2,28,31)/b29-15-. The molecule has 6 heteroatoms. The third kappa shape index (κ3) is 4.18. The summed E-state index contributed by atoms with van der Waals surface area (Å²) >= 11 is 3.55. The molecular formula is C26H20BrN5. The number of benzene rings is 3. The predicted octanol–water partition coefficient (Wildman–Crippen LogP) is 5.74. The second-order valence-electron chi connectivity index (χ2n) is 7.48. The van der Waals surface area contributed by atoms with Crippen LogP contribution in [0.15, 0.2) is 106 Å². The molecular weight excluding hydrogens is 462 g/mol. The van der Waals surface area contributed by atoms with Gasteiger partial charge in [0.15, 0.2) is 5.84 Å². The van der Waals surface area contributed by atoms with Crippen LogP contribution in [0.25, 0.3) is 21.8 Å². The zero-order valence-electron chi connectivity index (χ0n) is 17.2. The van der Waals surface area contributed by atoms with E-state index in [1.54, 1.807) is 6.21 Å². The minimum atomic E-state index is 0.282. The van der Waals surface area contributed by atoms with Crippen LogP contribution in [0.1, 0.15) is 16.8 Å². The number of halogens is 1. The topological polar surface area (TPSA) is 68.6 Å². The number of aromatic nitrogens is 2. The Labute approximate surface area is 194 Å². The van der Waals surface area contributed by atoms with Gasteiger partial charge in [0.05, 0.1) is 11.7 Å². The maximum absolute atomic E-state index is 6.15. The SMILES string of the molecule is N/C(=N\N=C/c1cn(Cc2cccc(Br)c2)c2ccccc12)c1ccc2ccccc2n1. The van der Waals surface area contributed by atoms with Gasteiger partial charge in [-0.1, -0.05) is 70.5 Å². The first-order valence-electron chi connectivity index (χ1n) is 10.2. The van der Waals surface area contributed by atoms with Gasteiger partial charge in [-0.25, -0.2) is 4.98 Å². The molecule has 0 saturated carbocycles. The zero-order chi connectivity index (χ0) is 21.9. The summed E-state index contributed by atoms with van der Waals surface area (Å²) in [6, 6.07) is 28.4. The van der Waals surface area contributed by atoms with Gasteiger partial charge in [-0.05, 0) is 35.9 Å². The second kappa shape index (κ2) is 8.77. The van der Waals surface area contributed by atoms with Crippen LogP contribution in [-0.2, 0) is 6.54 Å². The van der Waals surface area contributed by atoms with Crippen molar-refractivity contribution in [1.82, 2.24) is 9.55 Å². The van der Waals surface area contributed by atoms with E-state index in [0.29, 0.717) is 5.69 Å². The largest absolute Gasteiger partial charge is 0.380 e. The Bertz CT molecular complexity index is 1480. The number of rotatable bonds is 5. The van der Waals surface area contributed by atoms with Crippen molar-refractivity contribution >= 4 is 49.8 Å². The van der Waals surface area contributed by atoms with Crippen molar-refractivity contribution in [3.8, 4) is 0 Å². The second-order valence-corrected chi connectivity index (χ2v) is 8.39. The summed E-state index contributed by atoms with van der Waals surface area (Å²) in [6.07, 6.45) is 3.84. The quantitative estimate of drug-likeness (QED) is 0.197. The fraction of sp³-hybridized carbons (Fsp3) is 0.0385. The van der Waals surface area contributed by atoms with E-state index >= 15 is 0 Å². The molecule has 0 bridgehead atoms. The van der Waals surface area contributed by atoms with Gasteiger partial charge in [0.2, 0.25) is 0 Å². The number of para-hydroxylation sites is 2. The van der Waals surface area contributed by atoms with Crippen LogP contribution in [0.2, 0.25) is 0 Å². The van der Waals surface area contributed by atoms with Crippen molar-refractivity contribution in [3.05, 3.63) is 112 Å². The molecule has 0 saturated heterocycles. The summed E-state index contributed by atoms with van der Waals surface area (Å²) in [7, 11) is 0. The van der Waals surface area contributed by atoms with Crippen molar-refractivity contribution in [1.29, 1.82) is 0 Å². The van der Waals surface area contributed by atoms with Crippen molar-refractivity contribution in [2.45, 2.75) is 6.54 Å². The average molecular weight is 482 g/mol. The van der Waals surface area contributed by atoms with Crippen LogP contribution < -0.4 is 5.73 Å². The summed E-state index contributed by atoms with van der Waals surface area (Å²) in [5, 5.41) is 10.6. The van der Waals surface area contributed by atoms with E-state index < -0.39 is 0 Å². The molecule has 0 fully saturated rings. The summed E-state index contributed by atoms with van der Waals surface area (Å²) in [5.74, 6) is 0.282. The average Bonchev–Trinajstić information content (AvgIpc) is 3.16. The Kier molecular flexibility index (Phi) is 5.52. The molecule has 0 amide bonds. The Morgan fingerprint density at radius 3 is 2.72 bits per heavy atom. The Morgan fingerprint density at radius 1 is 0.969 bits per heavy atom. The van der Waals surface area contributed by atoms with Crippen molar-refractivity contribution in [2.24, 2.45) is 15.9 Å². The number of nitrogens with two attached hydrogens (primary N) is 1.